The summed E-state index contributed by atoms with van der Waals surface area (Å²) in [5.41, 5.74) is 0. The van der Waals surface area contributed by atoms with Gasteiger partial charge < -0.3 is 14.4 Å². The molecule has 0 atom stereocenters. The first-order valence-corrected chi connectivity index (χ1v) is 5.50. The Morgan fingerprint density at radius 2 is 2.20 bits per heavy atom. The number of aromatic nitrogens is 1. The van der Waals surface area contributed by atoms with Crippen LogP contribution in [0, 0.1) is 5.92 Å². The molecular formula is C11H17NO3. The van der Waals surface area contributed by atoms with Crippen LogP contribution in [0.25, 0.3) is 0 Å². The van der Waals surface area contributed by atoms with E-state index in [4.69, 9.17) is 14.4 Å². The second-order valence-corrected chi connectivity index (χ2v) is 4.12. The van der Waals surface area contributed by atoms with Gasteiger partial charge in [0.05, 0.1) is 12.3 Å². The van der Waals surface area contributed by atoms with Gasteiger partial charge in [-0.05, 0) is 31.6 Å². The summed E-state index contributed by atoms with van der Waals surface area (Å²) in [5, 5.41) is 12.6. The first kappa shape index (κ1) is 10.6. The van der Waals surface area contributed by atoms with Crippen LogP contribution in [0.3, 0.4) is 0 Å². The van der Waals surface area contributed by atoms with Gasteiger partial charge in [-0.1, -0.05) is 5.16 Å². The molecule has 1 aliphatic rings. The summed E-state index contributed by atoms with van der Waals surface area (Å²) in [4.78, 5) is 0. The fraction of sp³-hybridized carbons (Fsp3) is 0.727. The molecule has 0 spiro atoms. The first-order valence-electron chi connectivity index (χ1n) is 5.50. The van der Waals surface area contributed by atoms with Crippen LogP contribution in [-0.2, 0) is 11.3 Å². The number of rotatable bonds is 4. The predicted octanol–water partition coefficient (Wildman–Crippen LogP) is 1.74. The minimum Gasteiger partial charge on any atom is -0.396 e. The predicted molar refractivity (Wildman–Crippen MR) is 54.1 cm³/mol. The largest absolute Gasteiger partial charge is 0.396 e. The Morgan fingerprint density at radius 1 is 1.40 bits per heavy atom. The summed E-state index contributed by atoms with van der Waals surface area (Å²) in [5.74, 6) is 1.26. The topological polar surface area (TPSA) is 55.5 Å². The number of aliphatic hydroxyl groups is 1. The lowest BCUT2D eigenvalue weighted by Gasteiger charge is -2.26. The number of hydrogen-bond acceptors (Lipinski definition) is 4. The van der Waals surface area contributed by atoms with Crippen LogP contribution >= 0.6 is 0 Å². The highest BCUT2D eigenvalue weighted by atomic mass is 16.5. The van der Waals surface area contributed by atoms with Gasteiger partial charge in [0.2, 0.25) is 0 Å². The molecule has 1 saturated carbocycles. The van der Waals surface area contributed by atoms with E-state index in [1.54, 1.807) is 6.20 Å². The van der Waals surface area contributed by atoms with Crippen molar-refractivity contribution in [2.24, 2.45) is 5.92 Å². The van der Waals surface area contributed by atoms with E-state index < -0.39 is 0 Å². The standard InChI is InChI=1S/C11H17NO3/c13-7-9-1-3-10(4-2-9)14-8-11-5-6-12-15-11/h5-6,9-10,13H,1-4,7-8H2. The second-order valence-electron chi connectivity index (χ2n) is 4.12. The van der Waals surface area contributed by atoms with E-state index in [0.29, 0.717) is 25.2 Å². The first-order chi connectivity index (χ1) is 7.38. The molecule has 4 heteroatoms. The van der Waals surface area contributed by atoms with Crippen molar-refractivity contribution in [3.63, 3.8) is 0 Å². The van der Waals surface area contributed by atoms with Crippen molar-refractivity contribution in [3.8, 4) is 0 Å². The quantitative estimate of drug-likeness (QED) is 0.824. The highest BCUT2D eigenvalue weighted by Gasteiger charge is 2.21. The molecule has 4 nitrogen and oxygen atoms in total. The zero-order chi connectivity index (χ0) is 10.5. The molecule has 1 fully saturated rings. The molecule has 1 heterocycles. The van der Waals surface area contributed by atoms with Crippen LogP contribution in [0.5, 0.6) is 0 Å². The SMILES string of the molecule is OCC1CCC(OCc2ccno2)CC1. The molecule has 0 aromatic carbocycles. The van der Waals surface area contributed by atoms with Crippen molar-refractivity contribution in [1.29, 1.82) is 0 Å². The maximum Gasteiger partial charge on any atom is 0.162 e. The molecule has 15 heavy (non-hydrogen) atoms. The lowest BCUT2D eigenvalue weighted by molar-refractivity contribution is -0.00726. The summed E-state index contributed by atoms with van der Waals surface area (Å²) in [7, 11) is 0. The van der Waals surface area contributed by atoms with Crippen molar-refractivity contribution in [3.05, 3.63) is 18.0 Å². The summed E-state index contributed by atoms with van der Waals surface area (Å²) in [6.45, 7) is 0.823. The van der Waals surface area contributed by atoms with Gasteiger partial charge in [0, 0.05) is 12.7 Å². The molecule has 0 aliphatic heterocycles. The molecular weight excluding hydrogens is 194 g/mol. The summed E-state index contributed by atoms with van der Waals surface area (Å²) in [6, 6.07) is 1.82. The summed E-state index contributed by atoms with van der Waals surface area (Å²) in [6.07, 6.45) is 6.16. The normalized spacial score (nSPS) is 26.7. The van der Waals surface area contributed by atoms with Crippen molar-refractivity contribution in [1.82, 2.24) is 5.16 Å². The molecule has 0 unspecified atom stereocenters. The summed E-state index contributed by atoms with van der Waals surface area (Å²) >= 11 is 0. The van der Waals surface area contributed by atoms with Crippen molar-refractivity contribution in [2.45, 2.75) is 38.4 Å². The fourth-order valence-corrected chi connectivity index (χ4v) is 2.00. The average Bonchev–Trinajstić information content (AvgIpc) is 2.80. The van der Waals surface area contributed by atoms with Gasteiger partial charge in [0.1, 0.15) is 6.61 Å². The van der Waals surface area contributed by atoms with Crippen LogP contribution in [0.4, 0.5) is 0 Å². The lowest BCUT2D eigenvalue weighted by Crippen LogP contribution is -2.23. The second kappa shape index (κ2) is 5.28. The van der Waals surface area contributed by atoms with Crippen LogP contribution in [0.1, 0.15) is 31.4 Å². The van der Waals surface area contributed by atoms with Crippen molar-refractivity contribution in [2.75, 3.05) is 6.61 Å². The zero-order valence-electron chi connectivity index (χ0n) is 8.76. The summed E-state index contributed by atoms with van der Waals surface area (Å²) < 4.78 is 10.7. The zero-order valence-corrected chi connectivity index (χ0v) is 8.76. The van der Waals surface area contributed by atoms with E-state index >= 15 is 0 Å². The smallest absolute Gasteiger partial charge is 0.162 e. The van der Waals surface area contributed by atoms with E-state index in [2.05, 4.69) is 5.16 Å². The molecule has 2 rings (SSSR count). The van der Waals surface area contributed by atoms with Gasteiger partial charge in [-0.15, -0.1) is 0 Å². The number of nitrogens with zero attached hydrogens (tertiary/aromatic N) is 1. The minimum atomic E-state index is 0.314. The van der Waals surface area contributed by atoms with E-state index in [0.717, 1.165) is 31.4 Å². The minimum absolute atomic E-state index is 0.314. The van der Waals surface area contributed by atoms with E-state index in [-0.39, 0.29) is 0 Å². The van der Waals surface area contributed by atoms with E-state index in [1.807, 2.05) is 6.07 Å². The van der Waals surface area contributed by atoms with Crippen molar-refractivity contribution >= 4 is 0 Å². The van der Waals surface area contributed by atoms with Gasteiger partial charge in [0.25, 0.3) is 0 Å². The average molecular weight is 211 g/mol. The molecule has 0 radical (unpaired) electrons. The van der Waals surface area contributed by atoms with Gasteiger partial charge in [0.15, 0.2) is 5.76 Å². The molecule has 1 aromatic rings. The molecule has 84 valence electrons. The van der Waals surface area contributed by atoms with Crippen molar-refractivity contribution < 1.29 is 14.4 Å². The maximum absolute atomic E-state index is 8.99. The van der Waals surface area contributed by atoms with Crippen LogP contribution in [0.2, 0.25) is 0 Å². The van der Waals surface area contributed by atoms with Gasteiger partial charge in [-0.3, -0.25) is 0 Å². The monoisotopic (exact) mass is 211 g/mol. The maximum atomic E-state index is 8.99. The Hall–Kier alpha value is -0.870. The van der Waals surface area contributed by atoms with Gasteiger partial charge >= 0.3 is 0 Å². The molecule has 0 saturated heterocycles. The Labute approximate surface area is 89.2 Å². The van der Waals surface area contributed by atoms with Crippen LogP contribution in [-0.4, -0.2) is 23.0 Å². The van der Waals surface area contributed by atoms with Crippen LogP contribution < -0.4 is 0 Å². The molecule has 0 bridgehead atoms. The number of aliphatic hydroxyl groups excluding tert-OH is 1. The molecule has 1 aromatic heterocycles. The molecule has 0 amide bonds. The Morgan fingerprint density at radius 3 is 2.80 bits per heavy atom. The third kappa shape index (κ3) is 3.04. The Balaban J connectivity index is 1.69. The Bertz CT molecular complexity index is 265. The number of ether oxygens (including phenoxy) is 1. The lowest BCUT2D eigenvalue weighted by atomic mass is 9.88. The molecule has 1 N–H and O–H groups in total. The van der Waals surface area contributed by atoms with Crippen LogP contribution in [0.15, 0.2) is 16.8 Å². The van der Waals surface area contributed by atoms with E-state index in [9.17, 15) is 0 Å². The van der Waals surface area contributed by atoms with Gasteiger partial charge in [-0.2, -0.15) is 0 Å². The third-order valence-electron chi connectivity index (χ3n) is 3.00. The number of hydrogen-bond donors (Lipinski definition) is 1. The third-order valence-corrected chi connectivity index (χ3v) is 3.00. The van der Waals surface area contributed by atoms with Gasteiger partial charge in [-0.25, -0.2) is 0 Å². The Kier molecular flexibility index (Phi) is 3.75. The highest BCUT2D eigenvalue weighted by molar-refractivity contribution is 4.90. The highest BCUT2D eigenvalue weighted by Crippen LogP contribution is 2.26. The molecule has 1 aliphatic carbocycles. The van der Waals surface area contributed by atoms with E-state index in [1.165, 1.54) is 0 Å². The fourth-order valence-electron chi connectivity index (χ4n) is 2.00.